The monoisotopic (exact) mass is 228 g/mol. The molecule has 0 aromatic carbocycles. The van der Waals surface area contributed by atoms with Crippen molar-refractivity contribution in [2.45, 2.75) is 53.5 Å². The molecule has 0 aromatic heterocycles. The van der Waals surface area contributed by atoms with Crippen LogP contribution in [-0.4, -0.2) is 37.6 Å². The average molecular weight is 228 g/mol. The van der Waals surface area contributed by atoms with Gasteiger partial charge in [-0.25, -0.2) is 0 Å². The number of hydrogen-bond donors (Lipinski definition) is 1. The van der Waals surface area contributed by atoms with Gasteiger partial charge in [-0.2, -0.15) is 0 Å². The summed E-state index contributed by atoms with van der Waals surface area (Å²) in [5.41, 5.74) is 0. The van der Waals surface area contributed by atoms with Gasteiger partial charge in [0, 0.05) is 12.6 Å². The predicted octanol–water partition coefficient (Wildman–Crippen LogP) is 2.99. The molecule has 0 saturated heterocycles. The molecular formula is C14H32N2. The summed E-state index contributed by atoms with van der Waals surface area (Å²) in [7, 11) is 2.25. The van der Waals surface area contributed by atoms with Crippen molar-refractivity contribution in [1.82, 2.24) is 10.2 Å². The molecule has 0 aliphatic carbocycles. The second-order valence-electron chi connectivity index (χ2n) is 5.73. The molecule has 2 heteroatoms. The van der Waals surface area contributed by atoms with Crippen LogP contribution in [0.1, 0.15) is 47.5 Å². The van der Waals surface area contributed by atoms with Gasteiger partial charge < -0.3 is 10.2 Å². The van der Waals surface area contributed by atoms with Crippen molar-refractivity contribution < 1.29 is 0 Å². The highest BCUT2D eigenvalue weighted by Crippen LogP contribution is 2.06. The van der Waals surface area contributed by atoms with Gasteiger partial charge in [-0.3, -0.25) is 0 Å². The fourth-order valence-electron chi connectivity index (χ4n) is 1.99. The highest BCUT2D eigenvalue weighted by atomic mass is 15.1. The minimum Gasteiger partial charge on any atom is -0.316 e. The molecule has 0 bridgehead atoms. The van der Waals surface area contributed by atoms with Crippen LogP contribution in [0.25, 0.3) is 0 Å². The predicted molar refractivity (Wildman–Crippen MR) is 73.9 cm³/mol. The van der Waals surface area contributed by atoms with Gasteiger partial charge in [0.2, 0.25) is 0 Å². The molecule has 1 N–H and O–H groups in total. The van der Waals surface area contributed by atoms with Crippen LogP contribution in [0.5, 0.6) is 0 Å². The van der Waals surface area contributed by atoms with E-state index >= 15 is 0 Å². The second-order valence-corrected chi connectivity index (χ2v) is 5.73. The molecule has 2 nitrogen and oxygen atoms in total. The Labute approximate surface area is 103 Å². The molecule has 2 unspecified atom stereocenters. The maximum atomic E-state index is 3.53. The zero-order chi connectivity index (χ0) is 12.6. The van der Waals surface area contributed by atoms with E-state index in [2.05, 4.69) is 51.9 Å². The van der Waals surface area contributed by atoms with Gasteiger partial charge in [-0.15, -0.1) is 0 Å². The molecule has 0 heterocycles. The van der Waals surface area contributed by atoms with Crippen LogP contribution in [-0.2, 0) is 0 Å². The Balaban J connectivity index is 3.64. The van der Waals surface area contributed by atoms with Crippen LogP contribution in [0.4, 0.5) is 0 Å². The first-order chi connectivity index (χ1) is 7.47. The maximum absolute atomic E-state index is 3.53. The van der Waals surface area contributed by atoms with Crippen LogP contribution in [0.15, 0.2) is 0 Å². The van der Waals surface area contributed by atoms with Crippen LogP contribution in [0, 0.1) is 11.8 Å². The molecule has 98 valence electrons. The van der Waals surface area contributed by atoms with E-state index in [1.54, 1.807) is 0 Å². The summed E-state index contributed by atoms with van der Waals surface area (Å²) >= 11 is 0. The third kappa shape index (κ3) is 8.12. The third-order valence-corrected chi connectivity index (χ3v) is 3.10. The van der Waals surface area contributed by atoms with E-state index in [0.717, 1.165) is 31.0 Å². The quantitative estimate of drug-likeness (QED) is 0.652. The van der Waals surface area contributed by atoms with E-state index in [1.807, 2.05) is 0 Å². The molecule has 16 heavy (non-hydrogen) atoms. The number of hydrogen-bond acceptors (Lipinski definition) is 2. The third-order valence-electron chi connectivity index (χ3n) is 3.10. The molecular weight excluding hydrogens is 196 g/mol. The first-order valence-electron chi connectivity index (χ1n) is 6.88. The fraction of sp³-hybridized carbons (Fsp3) is 1.00. The van der Waals surface area contributed by atoms with E-state index < -0.39 is 0 Å². The van der Waals surface area contributed by atoms with Gasteiger partial charge in [-0.05, 0) is 45.3 Å². The van der Waals surface area contributed by atoms with Crippen molar-refractivity contribution in [1.29, 1.82) is 0 Å². The number of nitrogens with zero attached hydrogens (tertiary/aromatic N) is 1. The van der Waals surface area contributed by atoms with Crippen molar-refractivity contribution in [2.75, 3.05) is 26.7 Å². The topological polar surface area (TPSA) is 15.3 Å². The smallest absolute Gasteiger partial charge is 0.00639 e. The van der Waals surface area contributed by atoms with E-state index in [-0.39, 0.29) is 0 Å². The Morgan fingerprint density at radius 2 is 1.69 bits per heavy atom. The van der Waals surface area contributed by atoms with Crippen molar-refractivity contribution >= 4 is 0 Å². The summed E-state index contributed by atoms with van der Waals surface area (Å²) < 4.78 is 0. The summed E-state index contributed by atoms with van der Waals surface area (Å²) in [6.07, 6.45) is 2.59. The lowest BCUT2D eigenvalue weighted by Gasteiger charge is -2.27. The molecule has 0 aromatic rings. The summed E-state index contributed by atoms with van der Waals surface area (Å²) in [5.74, 6) is 1.49. The van der Waals surface area contributed by atoms with Gasteiger partial charge in [-0.1, -0.05) is 34.1 Å². The lowest BCUT2D eigenvalue weighted by Crippen LogP contribution is -2.36. The zero-order valence-electron chi connectivity index (χ0n) is 12.2. The standard InChI is InChI=1S/C14H32N2/c1-7-8-14(5)16(6)11-13(4)10-15-9-12(2)3/h12-15H,7-11H2,1-6H3. The Kier molecular flexibility index (Phi) is 8.96. The van der Waals surface area contributed by atoms with Gasteiger partial charge in [0.05, 0.1) is 0 Å². The number of rotatable bonds is 9. The fourth-order valence-corrected chi connectivity index (χ4v) is 1.99. The first-order valence-corrected chi connectivity index (χ1v) is 6.88. The van der Waals surface area contributed by atoms with Gasteiger partial charge in [0.25, 0.3) is 0 Å². The Morgan fingerprint density at radius 1 is 1.06 bits per heavy atom. The zero-order valence-corrected chi connectivity index (χ0v) is 12.2. The Hall–Kier alpha value is -0.0800. The van der Waals surface area contributed by atoms with Crippen molar-refractivity contribution in [3.05, 3.63) is 0 Å². The Morgan fingerprint density at radius 3 is 2.19 bits per heavy atom. The molecule has 0 spiro atoms. The summed E-state index contributed by atoms with van der Waals surface area (Å²) in [5, 5.41) is 3.53. The number of nitrogens with one attached hydrogen (secondary N) is 1. The van der Waals surface area contributed by atoms with Crippen molar-refractivity contribution in [2.24, 2.45) is 11.8 Å². The largest absolute Gasteiger partial charge is 0.316 e. The molecule has 0 rings (SSSR count). The highest BCUT2D eigenvalue weighted by molar-refractivity contribution is 4.67. The normalized spacial score (nSPS) is 15.8. The molecule has 0 radical (unpaired) electrons. The van der Waals surface area contributed by atoms with Gasteiger partial charge in [0.1, 0.15) is 0 Å². The maximum Gasteiger partial charge on any atom is 0.00639 e. The highest BCUT2D eigenvalue weighted by Gasteiger charge is 2.11. The average Bonchev–Trinajstić information content (AvgIpc) is 2.17. The van der Waals surface area contributed by atoms with Crippen molar-refractivity contribution in [3.8, 4) is 0 Å². The first kappa shape index (κ1) is 15.9. The molecule has 0 aliphatic heterocycles. The molecule has 0 amide bonds. The SMILES string of the molecule is CCCC(C)N(C)CC(C)CNCC(C)C. The molecule has 2 atom stereocenters. The van der Waals surface area contributed by atoms with Gasteiger partial charge in [0.15, 0.2) is 0 Å². The minimum absolute atomic E-state index is 0.720. The second kappa shape index (κ2) is 9.00. The lowest BCUT2D eigenvalue weighted by atomic mass is 10.1. The van der Waals surface area contributed by atoms with Crippen LogP contribution in [0.3, 0.4) is 0 Å². The summed E-state index contributed by atoms with van der Waals surface area (Å²) in [6.45, 7) is 14.9. The van der Waals surface area contributed by atoms with E-state index in [0.29, 0.717) is 0 Å². The summed E-state index contributed by atoms with van der Waals surface area (Å²) in [6, 6.07) is 0.720. The van der Waals surface area contributed by atoms with Crippen LogP contribution in [0.2, 0.25) is 0 Å². The van der Waals surface area contributed by atoms with E-state index in [1.165, 1.54) is 19.4 Å². The van der Waals surface area contributed by atoms with E-state index in [9.17, 15) is 0 Å². The molecule has 0 saturated carbocycles. The van der Waals surface area contributed by atoms with Crippen LogP contribution >= 0.6 is 0 Å². The Bertz CT molecular complexity index is 157. The molecule has 0 fully saturated rings. The molecule has 0 aliphatic rings. The summed E-state index contributed by atoms with van der Waals surface area (Å²) in [4.78, 5) is 2.49. The minimum atomic E-state index is 0.720. The lowest BCUT2D eigenvalue weighted by molar-refractivity contribution is 0.211. The van der Waals surface area contributed by atoms with Crippen LogP contribution < -0.4 is 5.32 Å². The van der Waals surface area contributed by atoms with Crippen molar-refractivity contribution in [3.63, 3.8) is 0 Å². The van der Waals surface area contributed by atoms with E-state index in [4.69, 9.17) is 0 Å². The van der Waals surface area contributed by atoms with Gasteiger partial charge >= 0.3 is 0 Å².